The predicted octanol–water partition coefficient (Wildman–Crippen LogP) is 1.02. The minimum absolute atomic E-state index is 0.0183. The van der Waals surface area contributed by atoms with Gasteiger partial charge in [-0.05, 0) is 26.1 Å². The smallest absolute Gasteiger partial charge is 0.219 e. The first-order valence-electron chi connectivity index (χ1n) is 6.48. The first-order chi connectivity index (χ1) is 8.60. The Bertz CT molecular complexity index is 426. The lowest BCUT2D eigenvalue weighted by Crippen LogP contribution is -2.39. The summed E-state index contributed by atoms with van der Waals surface area (Å²) in [5, 5.41) is 3.16. The summed E-state index contributed by atoms with van der Waals surface area (Å²) in [6.07, 6.45) is 1.15. The topological polar surface area (TPSA) is 35.6 Å². The average molecular weight is 269 g/mol. The molecule has 0 unspecified atom stereocenters. The molecule has 1 aromatic rings. The molecule has 0 aromatic heterocycles. The van der Waals surface area contributed by atoms with E-state index in [0.717, 1.165) is 44.8 Å². The van der Waals surface area contributed by atoms with E-state index in [1.54, 1.807) is 6.07 Å². The summed E-state index contributed by atoms with van der Waals surface area (Å²) in [5.41, 5.74) is 0.773. The van der Waals surface area contributed by atoms with Crippen LogP contribution in [-0.2, 0) is 0 Å². The summed E-state index contributed by atoms with van der Waals surface area (Å²) in [6, 6.07) is 1.79. The van der Waals surface area contributed by atoms with E-state index in [2.05, 4.69) is 17.1 Å². The standard InChI is InChI=1S/C13H23N3OS/c1-4-6-16(7-5-14-2)9-8-15(3)11-10-12(18)13(11)17/h10,14H,4-9H2,1-3H3. The maximum atomic E-state index is 11.5. The van der Waals surface area contributed by atoms with Gasteiger partial charge >= 0.3 is 0 Å². The van der Waals surface area contributed by atoms with Crippen molar-refractivity contribution in [2.24, 2.45) is 0 Å². The van der Waals surface area contributed by atoms with Crippen LogP contribution in [-0.4, -0.2) is 51.7 Å². The summed E-state index contributed by atoms with van der Waals surface area (Å²) < 4.78 is 0.456. The van der Waals surface area contributed by atoms with Crippen LogP contribution in [0.1, 0.15) is 13.3 Å². The molecule has 0 spiro atoms. The van der Waals surface area contributed by atoms with E-state index in [4.69, 9.17) is 12.2 Å². The van der Waals surface area contributed by atoms with Gasteiger partial charge in [-0.2, -0.15) is 0 Å². The largest absolute Gasteiger partial charge is 0.370 e. The number of hydrogen-bond donors (Lipinski definition) is 1. The van der Waals surface area contributed by atoms with Gasteiger partial charge in [0.25, 0.3) is 0 Å². The Morgan fingerprint density at radius 1 is 1.28 bits per heavy atom. The third kappa shape index (κ3) is 4.15. The summed E-state index contributed by atoms with van der Waals surface area (Å²) >= 11 is 4.87. The second kappa shape index (κ2) is 7.61. The van der Waals surface area contributed by atoms with Gasteiger partial charge in [0.15, 0.2) is 0 Å². The molecule has 102 valence electrons. The molecule has 0 aliphatic heterocycles. The van der Waals surface area contributed by atoms with Gasteiger partial charge in [-0.15, -0.1) is 0 Å². The molecule has 0 aliphatic carbocycles. The number of nitrogens with zero attached hydrogens (tertiary/aromatic N) is 2. The Balaban J connectivity index is 2.39. The Hall–Kier alpha value is -0.780. The maximum Gasteiger partial charge on any atom is 0.219 e. The van der Waals surface area contributed by atoms with Crippen molar-refractivity contribution in [2.75, 3.05) is 51.7 Å². The average Bonchev–Trinajstić information content (AvgIpc) is 2.38. The van der Waals surface area contributed by atoms with E-state index < -0.39 is 0 Å². The van der Waals surface area contributed by atoms with Gasteiger partial charge < -0.3 is 15.1 Å². The van der Waals surface area contributed by atoms with Gasteiger partial charge in [0.05, 0.1) is 10.2 Å². The van der Waals surface area contributed by atoms with Gasteiger partial charge in [-0.25, -0.2) is 0 Å². The Morgan fingerprint density at radius 3 is 2.50 bits per heavy atom. The number of rotatable bonds is 9. The van der Waals surface area contributed by atoms with Crippen molar-refractivity contribution in [3.8, 4) is 0 Å². The molecule has 0 heterocycles. The molecule has 1 aromatic carbocycles. The molecule has 18 heavy (non-hydrogen) atoms. The molecule has 0 bridgehead atoms. The molecule has 0 fully saturated rings. The van der Waals surface area contributed by atoms with E-state index >= 15 is 0 Å². The lowest BCUT2D eigenvalue weighted by atomic mass is 10.2. The van der Waals surface area contributed by atoms with E-state index in [-0.39, 0.29) is 5.43 Å². The monoisotopic (exact) mass is 269 g/mol. The summed E-state index contributed by atoms with van der Waals surface area (Å²) in [7, 11) is 3.92. The first-order valence-corrected chi connectivity index (χ1v) is 6.89. The highest BCUT2D eigenvalue weighted by molar-refractivity contribution is 7.71. The van der Waals surface area contributed by atoms with Crippen LogP contribution in [0.25, 0.3) is 0 Å². The summed E-state index contributed by atoms with van der Waals surface area (Å²) in [6.45, 7) is 7.17. The van der Waals surface area contributed by atoms with Crippen molar-refractivity contribution in [2.45, 2.75) is 13.3 Å². The second-order valence-corrected chi connectivity index (χ2v) is 5.03. The van der Waals surface area contributed by atoms with Crippen molar-refractivity contribution in [3.05, 3.63) is 20.8 Å². The number of nitrogens with one attached hydrogen (secondary N) is 1. The van der Waals surface area contributed by atoms with Gasteiger partial charge in [-0.3, -0.25) is 4.79 Å². The Morgan fingerprint density at radius 2 is 2.00 bits per heavy atom. The second-order valence-electron chi connectivity index (χ2n) is 4.59. The number of anilines is 1. The van der Waals surface area contributed by atoms with Gasteiger partial charge in [-0.1, -0.05) is 19.1 Å². The molecule has 5 heteroatoms. The molecule has 1 N–H and O–H groups in total. The highest BCUT2D eigenvalue weighted by Crippen LogP contribution is 2.09. The first kappa shape index (κ1) is 15.3. The molecule has 4 nitrogen and oxygen atoms in total. The van der Waals surface area contributed by atoms with Crippen molar-refractivity contribution >= 4 is 17.9 Å². The lowest BCUT2D eigenvalue weighted by Gasteiger charge is -2.26. The molecular formula is C13H23N3OS. The van der Waals surface area contributed by atoms with Crippen molar-refractivity contribution in [1.82, 2.24) is 10.2 Å². The number of hydrogen-bond acceptors (Lipinski definition) is 5. The molecule has 0 aliphatic rings. The van der Waals surface area contributed by atoms with Crippen LogP contribution in [0.3, 0.4) is 0 Å². The van der Waals surface area contributed by atoms with Crippen LogP contribution in [0.5, 0.6) is 0 Å². The van der Waals surface area contributed by atoms with Crippen LogP contribution in [0.4, 0.5) is 5.69 Å². The van der Waals surface area contributed by atoms with Crippen LogP contribution >= 0.6 is 12.2 Å². The molecule has 0 saturated heterocycles. The van der Waals surface area contributed by atoms with Gasteiger partial charge in [0.2, 0.25) is 5.43 Å². The Kier molecular flexibility index (Phi) is 6.46. The SMILES string of the molecule is CCCN(CCNC)CCN(C)c1cc(=S)c1=O. The van der Waals surface area contributed by atoms with E-state index in [1.807, 2.05) is 19.0 Å². The van der Waals surface area contributed by atoms with Crippen LogP contribution in [0.2, 0.25) is 0 Å². The minimum atomic E-state index is 0.0183. The fourth-order valence-electron chi connectivity index (χ4n) is 1.92. The summed E-state index contributed by atoms with van der Waals surface area (Å²) in [5.74, 6) is 0. The van der Waals surface area contributed by atoms with Crippen LogP contribution in [0, 0.1) is 4.51 Å². The zero-order valence-corrected chi connectivity index (χ0v) is 12.3. The highest BCUT2D eigenvalue weighted by atomic mass is 32.1. The molecular weight excluding hydrogens is 246 g/mol. The predicted molar refractivity (Wildman–Crippen MR) is 79.8 cm³/mol. The quantitative estimate of drug-likeness (QED) is 0.677. The van der Waals surface area contributed by atoms with Gasteiger partial charge in [0, 0.05) is 33.2 Å². The molecule has 0 radical (unpaired) electrons. The molecule has 0 atom stereocenters. The third-order valence-electron chi connectivity index (χ3n) is 3.10. The maximum absolute atomic E-state index is 11.5. The molecule has 0 amide bonds. The lowest BCUT2D eigenvalue weighted by molar-refractivity contribution is 0.282. The fourth-order valence-corrected chi connectivity index (χ4v) is 2.14. The molecule has 1 rings (SSSR count). The van der Waals surface area contributed by atoms with E-state index in [0.29, 0.717) is 4.51 Å². The van der Waals surface area contributed by atoms with E-state index in [1.165, 1.54) is 0 Å². The van der Waals surface area contributed by atoms with Crippen molar-refractivity contribution < 1.29 is 0 Å². The third-order valence-corrected chi connectivity index (χ3v) is 3.41. The van der Waals surface area contributed by atoms with Crippen molar-refractivity contribution in [3.63, 3.8) is 0 Å². The zero-order valence-electron chi connectivity index (χ0n) is 11.5. The Labute approximate surface area is 114 Å². The zero-order chi connectivity index (χ0) is 13.5. The molecule has 0 saturated carbocycles. The van der Waals surface area contributed by atoms with Crippen molar-refractivity contribution in [1.29, 1.82) is 0 Å². The fraction of sp³-hybridized carbons (Fsp3) is 0.692. The number of likely N-dealkylation sites (N-methyl/N-ethyl adjacent to an activating group) is 2. The van der Waals surface area contributed by atoms with E-state index in [9.17, 15) is 4.79 Å². The minimum Gasteiger partial charge on any atom is -0.370 e. The van der Waals surface area contributed by atoms with Gasteiger partial charge in [0.1, 0.15) is 0 Å². The van der Waals surface area contributed by atoms with Crippen LogP contribution < -0.4 is 15.6 Å². The summed E-state index contributed by atoms with van der Waals surface area (Å²) in [4.78, 5) is 15.9. The highest BCUT2D eigenvalue weighted by Gasteiger charge is 2.12. The normalized spacial score (nSPS) is 11.3. The van der Waals surface area contributed by atoms with Crippen LogP contribution in [0.15, 0.2) is 10.9 Å².